The molecule has 0 N–H and O–H groups in total. The van der Waals surface area contributed by atoms with Crippen molar-refractivity contribution < 1.29 is 13.9 Å². The fourth-order valence-corrected chi connectivity index (χ4v) is 6.25. The fourth-order valence-electron chi connectivity index (χ4n) is 5.02. The van der Waals surface area contributed by atoms with Crippen LogP contribution in [0.2, 0.25) is 0 Å². The number of methoxy groups -OCH3 is 1. The van der Waals surface area contributed by atoms with Crippen molar-refractivity contribution in [1.82, 2.24) is 19.2 Å². The average molecular weight is 459 g/mol. The second-order valence-electron chi connectivity index (χ2n) is 8.62. The predicted molar refractivity (Wildman–Crippen MR) is 121 cm³/mol. The smallest absolute Gasteiger partial charge is 0.348 e. The highest BCUT2D eigenvalue weighted by atomic mass is 32.1. The minimum absolute atomic E-state index is 0.00859. The van der Waals surface area contributed by atoms with Gasteiger partial charge in [-0.3, -0.25) is 4.57 Å². The molecule has 0 bridgehead atoms. The number of rotatable bonds is 5. The Morgan fingerprint density at radius 2 is 2.03 bits per heavy atom. The molecule has 9 heteroatoms. The Hall–Kier alpha value is -2.52. The quantitative estimate of drug-likeness (QED) is 0.548. The van der Waals surface area contributed by atoms with Gasteiger partial charge >= 0.3 is 11.7 Å². The Kier molecular flexibility index (Phi) is 5.86. The van der Waals surface area contributed by atoms with Crippen LogP contribution in [-0.4, -0.2) is 52.0 Å². The summed E-state index contributed by atoms with van der Waals surface area (Å²) in [7, 11) is 1.38. The first kappa shape index (κ1) is 21.3. The molecule has 1 aromatic carbocycles. The summed E-state index contributed by atoms with van der Waals surface area (Å²) in [5.41, 5.74) is 1.00. The number of hydrogen-bond acceptors (Lipinski definition) is 6. The van der Waals surface area contributed by atoms with Crippen molar-refractivity contribution in [2.45, 2.75) is 51.1 Å². The lowest BCUT2D eigenvalue weighted by atomic mass is 9.87. The van der Waals surface area contributed by atoms with E-state index in [0.717, 1.165) is 79.8 Å². The number of piperidine rings is 1. The molecule has 0 saturated carbocycles. The number of ether oxygens (including phenoxy) is 1. The molecule has 2 aliphatic rings. The van der Waals surface area contributed by atoms with Crippen LogP contribution in [0.15, 0.2) is 23.0 Å². The van der Waals surface area contributed by atoms with Gasteiger partial charge in [0, 0.05) is 24.2 Å². The summed E-state index contributed by atoms with van der Waals surface area (Å²) >= 11 is 1.31. The number of carbonyl (C=O) groups is 1. The van der Waals surface area contributed by atoms with E-state index in [9.17, 15) is 14.0 Å². The summed E-state index contributed by atoms with van der Waals surface area (Å²) in [4.78, 5) is 27.9. The number of hydrogen-bond donors (Lipinski definition) is 0. The van der Waals surface area contributed by atoms with Gasteiger partial charge in [-0.25, -0.2) is 18.7 Å². The van der Waals surface area contributed by atoms with E-state index in [1.807, 2.05) is 4.57 Å². The van der Waals surface area contributed by atoms with Gasteiger partial charge in [-0.1, -0.05) is 6.07 Å². The third-order valence-corrected chi connectivity index (χ3v) is 7.87. The summed E-state index contributed by atoms with van der Waals surface area (Å²) in [5, 5.41) is 5.48. The van der Waals surface area contributed by atoms with E-state index in [0.29, 0.717) is 11.4 Å². The summed E-state index contributed by atoms with van der Waals surface area (Å²) in [6, 6.07) is 4.73. The van der Waals surface area contributed by atoms with E-state index in [-0.39, 0.29) is 23.4 Å². The highest BCUT2D eigenvalue weighted by molar-refractivity contribution is 7.21. The van der Waals surface area contributed by atoms with E-state index >= 15 is 0 Å². The Labute approximate surface area is 189 Å². The molecule has 0 atom stereocenters. The second kappa shape index (κ2) is 8.78. The van der Waals surface area contributed by atoms with Crippen molar-refractivity contribution in [2.24, 2.45) is 0 Å². The lowest BCUT2D eigenvalue weighted by molar-refractivity contribution is 0.0604. The third kappa shape index (κ3) is 3.88. The molecule has 0 radical (unpaired) electrons. The molecule has 3 aromatic rings. The molecule has 7 nitrogen and oxygen atoms in total. The van der Waals surface area contributed by atoms with Gasteiger partial charge in [-0.05, 0) is 67.8 Å². The zero-order valence-corrected chi connectivity index (χ0v) is 19.0. The maximum Gasteiger partial charge on any atom is 0.348 e. The highest BCUT2D eigenvalue weighted by Crippen LogP contribution is 2.41. The van der Waals surface area contributed by atoms with E-state index in [4.69, 9.17) is 4.74 Å². The zero-order chi connectivity index (χ0) is 22.2. The normalized spacial score (nSPS) is 17.6. The van der Waals surface area contributed by atoms with Crippen molar-refractivity contribution >= 4 is 27.4 Å². The van der Waals surface area contributed by atoms with Crippen LogP contribution < -0.4 is 5.69 Å². The molecule has 2 aliphatic heterocycles. The number of thiophene rings is 1. The lowest BCUT2D eigenvalue weighted by Crippen LogP contribution is -2.37. The fraction of sp³-hybridized carbons (Fsp3) is 0.522. The van der Waals surface area contributed by atoms with Crippen LogP contribution >= 0.6 is 11.3 Å². The molecule has 170 valence electrons. The van der Waals surface area contributed by atoms with E-state index in [2.05, 4.69) is 10.00 Å². The Bertz CT molecular complexity index is 1210. The topological polar surface area (TPSA) is 69.4 Å². The number of esters is 1. The number of aryl methyl sites for hydroxylation is 1. The van der Waals surface area contributed by atoms with Crippen LogP contribution in [0.5, 0.6) is 0 Å². The largest absolute Gasteiger partial charge is 0.465 e. The van der Waals surface area contributed by atoms with Crippen molar-refractivity contribution in [2.75, 3.05) is 26.7 Å². The van der Waals surface area contributed by atoms with Crippen LogP contribution in [0, 0.1) is 5.82 Å². The minimum atomic E-state index is -0.354. The van der Waals surface area contributed by atoms with Gasteiger partial charge in [0.05, 0.1) is 13.7 Å². The zero-order valence-electron chi connectivity index (χ0n) is 18.2. The SMILES string of the molecule is COC(=O)c1sc2cc(F)ccc2c1C1CCN(CCn2nc3n(c2=O)CCCC3)CC1. The van der Waals surface area contributed by atoms with Crippen LogP contribution in [0.1, 0.15) is 52.7 Å². The molecule has 0 amide bonds. The molecular formula is C23H27FN4O3S. The molecule has 0 unspecified atom stereocenters. The van der Waals surface area contributed by atoms with E-state index in [1.165, 1.54) is 30.6 Å². The van der Waals surface area contributed by atoms with Gasteiger partial charge in [-0.2, -0.15) is 5.10 Å². The van der Waals surface area contributed by atoms with Crippen LogP contribution in [0.4, 0.5) is 4.39 Å². The van der Waals surface area contributed by atoms with E-state index < -0.39 is 0 Å². The number of carbonyl (C=O) groups excluding carboxylic acids is 1. The standard InChI is InChI=1S/C23H27FN4O3S/c1-31-22(29)21-20(17-6-5-16(24)14-18(17)32-21)15-7-10-26(11-8-15)12-13-28-23(30)27-9-3-2-4-19(27)25-28/h5-6,14-15H,2-4,7-13H2,1H3. The lowest BCUT2D eigenvalue weighted by Gasteiger charge is -2.32. The molecule has 1 fully saturated rings. The van der Waals surface area contributed by atoms with Crippen molar-refractivity contribution in [1.29, 1.82) is 0 Å². The number of fused-ring (bicyclic) bond motifs is 2. The minimum Gasteiger partial charge on any atom is -0.465 e. The maximum absolute atomic E-state index is 13.7. The first-order valence-electron chi connectivity index (χ1n) is 11.2. The van der Waals surface area contributed by atoms with Gasteiger partial charge < -0.3 is 9.64 Å². The van der Waals surface area contributed by atoms with E-state index in [1.54, 1.807) is 10.7 Å². The molecule has 0 aliphatic carbocycles. The number of nitrogens with zero attached hydrogens (tertiary/aromatic N) is 4. The molecule has 2 aromatic heterocycles. The van der Waals surface area contributed by atoms with Gasteiger partial charge in [0.1, 0.15) is 16.5 Å². The van der Waals surface area contributed by atoms with Crippen LogP contribution in [0.25, 0.3) is 10.1 Å². The molecule has 1 saturated heterocycles. The molecule has 32 heavy (non-hydrogen) atoms. The maximum atomic E-state index is 13.7. The molecular weight excluding hydrogens is 431 g/mol. The number of benzene rings is 1. The van der Waals surface area contributed by atoms with Crippen LogP contribution in [0.3, 0.4) is 0 Å². The summed E-state index contributed by atoms with van der Waals surface area (Å²) < 4.78 is 23.0. The monoisotopic (exact) mass is 458 g/mol. The summed E-state index contributed by atoms with van der Waals surface area (Å²) in [6.07, 6.45) is 4.84. The number of aromatic nitrogens is 3. The predicted octanol–water partition coefficient (Wildman–Crippen LogP) is 3.40. The first-order chi connectivity index (χ1) is 15.5. The Morgan fingerprint density at radius 3 is 2.78 bits per heavy atom. The number of likely N-dealkylation sites (tertiary alicyclic amines) is 1. The van der Waals surface area contributed by atoms with Gasteiger partial charge in [-0.15, -0.1) is 11.3 Å². The molecule has 0 spiro atoms. The van der Waals surface area contributed by atoms with Gasteiger partial charge in [0.2, 0.25) is 0 Å². The third-order valence-electron chi connectivity index (χ3n) is 6.72. The molecule has 4 heterocycles. The van der Waals surface area contributed by atoms with Gasteiger partial charge in [0.15, 0.2) is 0 Å². The summed E-state index contributed by atoms with van der Waals surface area (Å²) in [6.45, 7) is 3.92. The Balaban J connectivity index is 1.28. The summed E-state index contributed by atoms with van der Waals surface area (Å²) in [5.74, 6) is 0.484. The van der Waals surface area contributed by atoms with Crippen molar-refractivity contribution in [3.63, 3.8) is 0 Å². The average Bonchev–Trinajstić information content (AvgIpc) is 3.35. The van der Waals surface area contributed by atoms with Crippen molar-refractivity contribution in [3.05, 3.63) is 50.8 Å². The number of halogens is 1. The van der Waals surface area contributed by atoms with Crippen molar-refractivity contribution in [3.8, 4) is 0 Å². The second-order valence-corrected chi connectivity index (χ2v) is 9.68. The molecule has 5 rings (SSSR count). The van der Waals surface area contributed by atoms with Gasteiger partial charge in [0.25, 0.3) is 0 Å². The highest BCUT2D eigenvalue weighted by Gasteiger charge is 2.29. The first-order valence-corrected chi connectivity index (χ1v) is 12.1. The Morgan fingerprint density at radius 1 is 1.22 bits per heavy atom. The van der Waals surface area contributed by atoms with Crippen LogP contribution in [-0.2, 0) is 24.2 Å².